The summed E-state index contributed by atoms with van der Waals surface area (Å²) in [5.74, 6) is 1.88. The average Bonchev–Trinajstić information content (AvgIpc) is 3.43. The molecule has 0 aliphatic carbocycles. The molecule has 0 N–H and O–H groups in total. The Labute approximate surface area is 205 Å². The molecule has 0 aliphatic heterocycles. The van der Waals surface area contributed by atoms with Crippen LogP contribution in [0.1, 0.15) is 24.5 Å². The lowest BCUT2D eigenvalue weighted by atomic mass is 10.2. The summed E-state index contributed by atoms with van der Waals surface area (Å²) in [5, 5.41) is 13.7. The number of halogens is 2. The predicted molar refractivity (Wildman–Crippen MR) is 133 cm³/mol. The van der Waals surface area contributed by atoms with E-state index < -0.39 is 0 Å². The average molecular weight is 503 g/mol. The van der Waals surface area contributed by atoms with Crippen LogP contribution in [-0.2, 0) is 12.3 Å². The first-order chi connectivity index (χ1) is 15.5. The van der Waals surface area contributed by atoms with E-state index in [0.29, 0.717) is 33.9 Å². The number of hydrogen-bond donors (Lipinski definition) is 0. The zero-order valence-corrected chi connectivity index (χ0v) is 20.4. The predicted octanol–water partition coefficient (Wildman–Crippen LogP) is 7.33. The van der Waals surface area contributed by atoms with E-state index in [1.165, 1.54) is 0 Å². The van der Waals surface area contributed by atoms with Crippen LogP contribution in [0, 0.1) is 0 Å². The molecule has 0 amide bonds. The van der Waals surface area contributed by atoms with Crippen LogP contribution in [0.25, 0.3) is 10.6 Å². The Bertz CT molecular complexity index is 1210. The molecule has 2 heterocycles. The molecule has 4 rings (SSSR count). The Morgan fingerprint density at radius 2 is 2.00 bits per heavy atom. The minimum absolute atomic E-state index is 0.378. The summed E-state index contributed by atoms with van der Waals surface area (Å²) in [6.07, 6.45) is 1.43. The van der Waals surface area contributed by atoms with Gasteiger partial charge in [0.25, 0.3) is 0 Å². The van der Waals surface area contributed by atoms with Crippen LogP contribution < -0.4 is 4.74 Å². The van der Waals surface area contributed by atoms with Gasteiger partial charge in [-0.15, -0.1) is 28.1 Å². The number of ether oxygens (including phenoxy) is 1. The zero-order chi connectivity index (χ0) is 22.5. The molecule has 0 saturated carbocycles. The fourth-order valence-corrected chi connectivity index (χ4v) is 5.15. The number of hydrogen-bond acceptors (Lipinski definition) is 6. The summed E-state index contributed by atoms with van der Waals surface area (Å²) in [6, 6.07) is 15.3. The molecule has 4 aromatic rings. The van der Waals surface area contributed by atoms with Crippen molar-refractivity contribution in [3.05, 3.63) is 88.1 Å². The molecule has 32 heavy (non-hydrogen) atoms. The monoisotopic (exact) mass is 502 g/mol. The van der Waals surface area contributed by atoms with E-state index in [-0.39, 0.29) is 6.10 Å². The van der Waals surface area contributed by atoms with Crippen LogP contribution in [0.3, 0.4) is 0 Å². The van der Waals surface area contributed by atoms with Crippen LogP contribution in [0.4, 0.5) is 0 Å². The molecule has 0 radical (unpaired) electrons. The van der Waals surface area contributed by atoms with E-state index in [4.69, 9.17) is 32.9 Å². The van der Waals surface area contributed by atoms with Crippen molar-refractivity contribution in [1.29, 1.82) is 0 Å². The molecular formula is C23H20Cl2N4OS2. The lowest BCUT2D eigenvalue weighted by Gasteiger charge is -2.16. The second-order valence-electron chi connectivity index (χ2n) is 6.87. The standard InChI is InChI=1S/C23H20Cl2N4OS2/c1-3-11-29-21(15(2)30-20-12-17(24)9-10-19(20)25)27-28-23(29)32-14-18-13-31-22(26-18)16-7-5-4-6-8-16/h3-10,12-13,15H,1,11,14H2,2H3. The first-order valence-corrected chi connectivity index (χ1v) is 12.5. The van der Waals surface area contributed by atoms with Crippen LogP contribution >= 0.6 is 46.3 Å². The van der Waals surface area contributed by atoms with Crippen molar-refractivity contribution < 1.29 is 4.74 Å². The number of aromatic nitrogens is 4. The fraction of sp³-hybridized carbons (Fsp3) is 0.174. The quantitative estimate of drug-likeness (QED) is 0.177. The molecule has 1 unspecified atom stereocenters. The SMILES string of the molecule is C=CCn1c(SCc2csc(-c3ccccc3)n2)nnc1C(C)Oc1cc(Cl)ccc1Cl. The third-order valence-corrected chi connectivity index (χ3v) is 7.03. The summed E-state index contributed by atoms with van der Waals surface area (Å²) in [6.45, 7) is 6.33. The zero-order valence-electron chi connectivity index (χ0n) is 17.2. The van der Waals surface area contributed by atoms with Crippen molar-refractivity contribution in [1.82, 2.24) is 19.7 Å². The molecule has 2 aromatic heterocycles. The Balaban J connectivity index is 1.49. The number of benzene rings is 2. The molecule has 5 nitrogen and oxygen atoms in total. The molecule has 2 aromatic carbocycles. The summed E-state index contributed by atoms with van der Waals surface area (Å²) in [7, 11) is 0. The highest BCUT2D eigenvalue weighted by atomic mass is 35.5. The van der Waals surface area contributed by atoms with Crippen molar-refractivity contribution in [2.24, 2.45) is 0 Å². The summed E-state index contributed by atoms with van der Waals surface area (Å²) in [4.78, 5) is 4.76. The Morgan fingerprint density at radius 1 is 1.19 bits per heavy atom. The van der Waals surface area contributed by atoms with Crippen LogP contribution in [0.2, 0.25) is 10.0 Å². The van der Waals surface area contributed by atoms with Gasteiger partial charge in [0.05, 0.1) is 10.7 Å². The summed E-state index contributed by atoms with van der Waals surface area (Å²) in [5.41, 5.74) is 2.13. The Morgan fingerprint density at radius 3 is 2.78 bits per heavy atom. The molecule has 0 bridgehead atoms. The van der Waals surface area contributed by atoms with Gasteiger partial charge in [-0.1, -0.05) is 71.4 Å². The lowest BCUT2D eigenvalue weighted by molar-refractivity contribution is 0.210. The first-order valence-electron chi connectivity index (χ1n) is 9.83. The van der Waals surface area contributed by atoms with Crippen molar-refractivity contribution in [3.8, 4) is 16.3 Å². The molecule has 9 heteroatoms. The van der Waals surface area contributed by atoms with E-state index >= 15 is 0 Å². The van der Waals surface area contributed by atoms with Crippen molar-refractivity contribution in [2.75, 3.05) is 0 Å². The normalized spacial score (nSPS) is 12.0. The maximum absolute atomic E-state index is 6.24. The van der Waals surface area contributed by atoms with Gasteiger partial charge in [0.1, 0.15) is 10.8 Å². The van der Waals surface area contributed by atoms with Gasteiger partial charge in [0.2, 0.25) is 0 Å². The van der Waals surface area contributed by atoms with Gasteiger partial charge in [0.15, 0.2) is 17.1 Å². The van der Waals surface area contributed by atoms with E-state index in [1.807, 2.05) is 35.8 Å². The summed E-state index contributed by atoms with van der Waals surface area (Å²) >= 11 is 15.5. The van der Waals surface area contributed by atoms with Crippen molar-refractivity contribution in [3.63, 3.8) is 0 Å². The largest absolute Gasteiger partial charge is 0.481 e. The molecular weight excluding hydrogens is 483 g/mol. The van der Waals surface area contributed by atoms with Crippen molar-refractivity contribution in [2.45, 2.75) is 30.5 Å². The van der Waals surface area contributed by atoms with Gasteiger partial charge in [-0.3, -0.25) is 4.57 Å². The minimum atomic E-state index is -0.378. The molecule has 0 aliphatic rings. The van der Waals surface area contributed by atoms with Gasteiger partial charge in [0, 0.05) is 34.3 Å². The highest BCUT2D eigenvalue weighted by Gasteiger charge is 2.20. The number of rotatable bonds is 9. The second-order valence-corrected chi connectivity index (χ2v) is 9.52. The second kappa shape index (κ2) is 10.5. The number of allylic oxidation sites excluding steroid dienone is 1. The van der Waals surface area contributed by atoms with E-state index in [1.54, 1.807) is 41.3 Å². The minimum Gasteiger partial charge on any atom is -0.481 e. The maximum Gasteiger partial charge on any atom is 0.192 e. The molecule has 0 saturated heterocycles. The number of thiazole rings is 1. The van der Waals surface area contributed by atoms with Crippen LogP contribution in [0.15, 0.2) is 71.7 Å². The topological polar surface area (TPSA) is 52.8 Å². The van der Waals surface area contributed by atoms with Gasteiger partial charge in [-0.2, -0.15) is 0 Å². The maximum atomic E-state index is 6.24. The molecule has 1 atom stereocenters. The van der Waals surface area contributed by atoms with Crippen LogP contribution in [0.5, 0.6) is 5.75 Å². The van der Waals surface area contributed by atoms with Crippen LogP contribution in [-0.4, -0.2) is 19.7 Å². The fourth-order valence-electron chi connectivity index (χ4n) is 3.04. The molecule has 164 valence electrons. The Kier molecular flexibility index (Phi) is 7.52. The molecule has 0 spiro atoms. The highest BCUT2D eigenvalue weighted by Crippen LogP contribution is 2.33. The highest BCUT2D eigenvalue weighted by molar-refractivity contribution is 7.98. The van der Waals surface area contributed by atoms with Gasteiger partial charge >= 0.3 is 0 Å². The van der Waals surface area contributed by atoms with Crippen molar-refractivity contribution >= 4 is 46.3 Å². The Hall–Kier alpha value is -2.32. The van der Waals surface area contributed by atoms with E-state index in [9.17, 15) is 0 Å². The molecule has 0 fully saturated rings. The van der Waals surface area contributed by atoms with Gasteiger partial charge < -0.3 is 4.74 Å². The third kappa shape index (κ3) is 5.35. The summed E-state index contributed by atoms with van der Waals surface area (Å²) < 4.78 is 8.02. The number of thioether (sulfide) groups is 1. The van der Waals surface area contributed by atoms with Gasteiger partial charge in [-0.25, -0.2) is 4.98 Å². The lowest BCUT2D eigenvalue weighted by Crippen LogP contribution is -2.12. The van der Waals surface area contributed by atoms with E-state index in [2.05, 4.69) is 34.3 Å². The smallest absolute Gasteiger partial charge is 0.192 e. The third-order valence-electron chi connectivity index (χ3n) is 4.54. The first kappa shape index (κ1) is 22.9. The number of nitrogens with zero attached hydrogens (tertiary/aromatic N) is 4. The van der Waals surface area contributed by atoms with Gasteiger partial charge in [-0.05, 0) is 19.1 Å². The van der Waals surface area contributed by atoms with E-state index in [0.717, 1.165) is 21.4 Å².